The maximum Gasteiger partial charge on any atom is 0.0507 e. The van der Waals surface area contributed by atoms with Crippen LogP contribution in [0.15, 0.2) is 29.2 Å². The van der Waals surface area contributed by atoms with Crippen LogP contribution in [0.3, 0.4) is 0 Å². The third-order valence-corrected chi connectivity index (χ3v) is 3.19. The number of hydrogen-bond donors (Lipinski definition) is 1. The van der Waals surface area contributed by atoms with E-state index in [4.69, 9.17) is 5.14 Å². The van der Waals surface area contributed by atoms with Gasteiger partial charge in [-0.2, -0.15) is 0 Å². The average molecular weight is 211 g/mol. The first-order chi connectivity index (χ1) is 6.21. The van der Waals surface area contributed by atoms with Gasteiger partial charge in [-0.1, -0.05) is 32.9 Å². The van der Waals surface area contributed by atoms with E-state index in [1.54, 1.807) is 12.1 Å². The van der Waals surface area contributed by atoms with Gasteiger partial charge < -0.3 is 0 Å². The van der Waals surface area contributed by atoms with Gasteiger partial charge in [-0.3, -0.25) is 5.14 Å². The molecule has 1 aromatic carbocycles. The van der Waals surface area contributed by atoms with Crippen molar-refractivity contribution in [1.29, 1.82) is 0 Å². The highest BCUT2D eigenvalue weighted by molar-refractivity contribution is 7.98. The third kappa shape index (κ3) is 2.59. The van der Waals surface area contributed by atoms with Crippen LogP contribution in [-0.2, 0) is 15.1 Å². The van der Waals surface area contributed by atoms with Crippen molar-refractivity contribution < 1.29 is 4.21 Å². The van der Waals surface area contributed by atoms with Crippen molar-refractivity contribution in [2.24, 2.45) is 5.14 Å². The largest absolute Gasteiger partial charge is 0.256 e. The summed E-state index contributed by atoms with van der Waals surface area (Å²) in [6, 6.07) is 7.48. The summed E-state index contributed by atoms with van der Waals surface area (Å²) in [6.07, 6.45) is 0. The molecule has 0 aromatic heterocycles. The molecule has 1 rings (SSSR count). The molecule has 0 aliphatic carbocycles. The van der Waals surface area contributed by atoms with Crippen LogP contribution in [0.1, 0.15) is 26.3 Å². The maximum absolute atomic E-state index is 11.4. The first-order valence-corrected chi connectivity index (χ1v) is 6.26. The van der Waals surface area contributed by atoms with Crippen molar-refractivity contribution in [2.45, 2.75) is 31.1 Å². The molecular formula is C11H17NOS. The van der Waals surface area contributed by atoms with E-state index in [-0.39, 0.29) is 5.41 Å². The van der Waals surface area contributed by atoms with Crippen LogP contribution in [-0.4, -0.2) is 10.1 Å². The van der Waals surface area contributed by atoms with E-state index < -0.39 is 9.71 Å². The Labute approximate surface area is 86.3 Å². The van der Waals surface area contributed by atoms with E-state index in [1.165, 1.54) is 5.56 Å². The van der Waals surface area contributed by atoms with E-state index in [1.807, 2.05) is 12.1 Å². The molecule has 0 heterocycles. The fraction of sp³-hybridized carbons (Fsp3) is 0.364. The molecule has 0 fully saturated rings. The SMILES string of the molecule is C=S(N)(=O)c1ccc(C(C)(C)C)cc1. The molecule has 0 aliphatic heterocycles. The quantitative estimate of drug-likeness (QED) is 0.709. The van der Waals surface area contributed by atoms with Crippen molar-refractivity contribution in [2.75, 3.05) is 0 Å². The monoisotopic (exact) mass is 211 g/mol. The van der Waals surface area contributed by atoms with Gasteiger partial charge in [-0.25, -0.2) is 4.21 Å². The summed E-state index contributed by atoms with van der Waals surface area (Å²) in [5.41, 5.74) is 1.31. The molecule has 0 spiro atoms. The summed E-state index contributed by atoms with van der Waals surface area (Å²) in [4.78, 5) is 0.602. The zero-order valence-corrected chi connectivity index (χ0v) is 9.73. The number of hydrogen-bond acceptors (Lipinski definition) is 1. The summed E-state index contributed by atoms with van der Waals surface area (Å²) in [5, 5.41) is 5.43. The van der Waals surface area contributed by atoms with Crippen LogP contribution < -0.4 is 5.14 Å². The van der Waals surface area contributed by atoms with Gasteiger partial charge in [-0.05, 0) is 29.0 Å². The highest BCUT2D eigenvalue weighted by Crippen LogP contribution is 2.22. The maximum atomic E-state index is 11.4. The van der Waals surface area contributed by atoms with Gasteiger partial charge in [0, 0.05) is 4.90 Å². The molecule has 1 aromatic rings. The number of rotatable bonds is 1. The molecule has 0 amide bonds. The molecule has 1 atom stereocenters. The van der Waals surface area contributed by atoms with E-state index in [9.17, 15) is 4.21 Å². The topological polar surface area (TPSA) is 43.1 Å². The van der Waals surface area contributed by atoms with Gasteiger partial charge in [-0.15, -0.1) is 0 Å². The van der Waals surface area contributed by atoms with Crippen LogP contribution >= 0.6 is 0 Å². The number of benzene rings is 1. The molecule has 0 radical (unpaired) electrons. The lowest BCUT2D eigenvalue weighted by Gasteiger charge is -2.19. The van der Waals surface area contributed by atoms with Crippen molar-refractivity contribution in [3.8, 4) is 0 Å². The first-order valence-electron chi connectivity index (χ1n) is 4.47. The Balaban J connectivity index is 3.14. The minimum absolute atomic E-state index is 0.106. The molecule has 14 heavy (non-hydrogen) atoms. The summed E-state index contributed by atoms with van der Waals surface area (Å²) >= 11 is 0. The Morgan fingerprint density at radius 2 is 1.64 bits per heavy atom. The van der Waals surface area contributed by atoms with Gasteiger partial charge in [0.05, 0.1) is 9.71 Å². The van der Waals surface area contributed by atoms with E-state index in [0.717, 1.165) is 0 Å². The smallest absolute Gasteiger partial charge is 0.0507 e. The van der Waals surface area contributed by atoms with Crippen molar-refractivity contribution >= 4 is 15.6 Å². The van der Waals surface area contributed by atoms with Crippen LogP contribution in [0.25, 0.3) is 0 Å². The van der Waals surface area contributed by atoms with Gasteiger partial charge in [0.1, 0.15) is 0 Å². The summed E-state index contributed by atoms with van der Waals surface area (Å²) < 4.78 is 11.4. The van der Waals surface area contributed by atoms with Crippen molar-refractivity contribution in [1.82, 2.24) is 0 Å². The van der Waals surface area contributed by atoms with E-state index >= 15 is 0 Å². The van der Waals surface area contributed by atoms with Gasteiger partial charge >= 0.3 is 0 Å². The molecule has 78 valence electrons. The predicted octanol–water partition coefficient (Wildman–Crippen LogP) is 1.93. The minimum atomic E-state index is -2.57. The Bertz CT molecular complexity index is 410. The standard InChI is InChI=1S/C11H17NOS/c1-11(2,3)9-5-7-10(8-6-9)14(4,12)13/h5-8H,4H2,1-3H3,(H2,12,13). The highest BCUT2D eigenvalue weighted by atomic mass is 32.2. The molecule has 0 bridgehead atoms. The van der Waals surface area contributed by atoms with Crippen molar-refractivity contribution in [3.05, 3.63) is 29.8 Å². The van der Waals surface area contributed by atoms with Crippen LogP contribution in [0.5, 0.6) is 0 Å². The molecule has 1 unspecified atom stereocenters. The molecule has 0 saturated heterocycles. The lowest BCUT2D eigenvalue weighted by molar-refractivity contribution is 0.589. The lowest BCUT2D eigenvalue weighted by Crippen LogP contribution is -2.14. The van der Waals surface area contributed by atoms with Crippen LogP contribution in [0, 0.1) is 0 Å². The zero-order chi connectivity index (χ0) is 11.0. The Hall–Kier alpha value is -0.800. The molecule has 2 nitrogen and oxygen atoms in total. The fourth-order valence-corrected chi connectivity index (χ4v) is 1.78. The minimum Gasteiger partial charge on any atom is -0.256 e. The molecule has 3 heteroatoms. The van der Waals surface area contributed by atoms with E-state index in [0.29, 0.717) is 4.90 Å². The summed E-state index contributed by atoms with van der Waals surface area (Å²) in [7, 11) is -2.57. The average Bonchev–Trinajstić information content (AvgIpc) is 2.01. The molecule has 0 aliphatic rings. The summed E-state index contributed by atoms with van der Waals surface area (Å²) in [5.74, 6) is 3.44. The van der Waals surface area contributed by atoms with Gasteiger partial charge in [0.15, 0.2) is 0 Å². The van der Waals surface area contributed by atoms with Gasteiger partial charge in [0.25, 0.3) is 0 Å². The Kier molecular flexibility index (Phi) is 2.74. The zero-order valence-electron chi connectivity index (χ0n) is 8.91. The number of nitrogens with two attached hydrogens (primary N) is 1. The van der Waals surface area contributed by atoms with E-state index in [2.05, 4.69) is 26.6 Å². The van der Waals surface area contributed by atoms with Crippen molar-refractivity contribution in [3.63, 3.8) is 0 Å². The second-order valence-electron chi connectivity index (χ2n) is 4.50. The molecule has 0 saturated carbocycles. The fourth-order valence-electron chi connectivity index (χ4n) is 1.19. The third-order valence-electron chi connectivity index (χ3n) is 2.12. The Morgan fingerprint density at radius 1 is 1.21 bits per heavy atom. The second-order valence-corrected chi connectivity index (χ2v) is 6.42. The normalized spacial score (nSPS) is 16.3. The first kappa shape index (κ1) is 11.3. The van der Waals surface area contributed by atoms with Crippen LogP contribution in [0.2, 0.25) is 0 Å². The summed E-state index contributed by atoms with van der Waals surface area (Å²) in [6.45, 7) is 6.39. The highest BCUT2D eigenvalue weighted by Gasteiger charge is 2.13. The molecule has 2 N–H and O–H groups in total. The Morgan fingerprint density at radius 3 is 1.93 bits per heavy atom. The molecular weight excluding hydrogens is 194 g/mol. The lowest BCUT2D eigenvalue weighted by atomic mass is 9.87. The second kappa shape index (κ2) is 3.41. The van der Waals surface area contributed by atoms with Crippen LogP contribution in [0.4, 0.5) is 0 Å². The van der Waals surface area contributed by atoms with Gasteiger partial charge in [0.2, 0.25) is 0 Å². The predicted molar refractivity (Wildman–Crippen MR) is 62.9 cm³/mol.